The molecule has 0 aromatic heterocycles. The standard InChI is InChI=1S/C24H21ClO3/c1-15-12-18-5-4-16(10-11-24(2,3)28)13-21(18)23(20(15)14-22(26)27)17-6-8-19(25)9-7-17/h4-9,12-13,28H,14H2,1-3H3,(H,26,27). The number of carbonyl (C=O) groups is 1. The summed E-state index contributed by atoms with van der Waals surface area (Å²) in [5, 5.41) is 21.9. The van der Waals surface area contributed by atoms with Crippen LogP contribution >= 0.6 is 11.6 Å². The predicted octanol–water partition coefficient (Wildman–Crippen LogP) is 5.22. The molecule has 3 aromatic carbocycles. The first-order chi connectivity index (χ1) is 13.1. The van der Waals surface area contributed by atoms with Gasteiger partial charge in [0.1, 0.15) is 5.60 Å². The lowest BCUT2D eigenvalue weighted by molar-refractivity contribution is -0.136. The summed E-state index contributed by atoms with van der Waals surface area (Å²) in [7, 11) is 0. The van der Waals surface area contributed by atoms with Crippen LogP contribution in [0.4, 0.5) is 0 Å². The van der Waals surface area contributed by atoms with Gasteiger partial charge in [-0.25, -0.2) is 0 Å². The highest BCUT2D eigenvalue weighted by atomic mass is 35.5. The average Bonchev–Trinajstić information content (AvgIpc) is 2.61. The van der Waals surface area contributed by atoms with E-state index in [2.05, 4.69) is 11.8 Å². The number of aliphatic hydroxyl groups is 1. The van der Waals surface area contributed by atoms with Gasteiger partial charge in [0.2, 0.25) is 0 Å². The molecule has 0 saturated carbocycles. The molecule has 0 fully saturated rings. The highest BCUT2D eigenvalue weighted by Gasteiger charge is 2.16. The van der Waals surface area contributed by atoms with Gasteiger partial charge >= 0.3 is 5.97 Å². The van der Waals surface area contributed by atoms with Gasteiger partial charge in [0.25, 0.3) is 0 Å². The molecule has 0 spiro atoms. The molecule has 0 atom stereocenters. The number of hydrogen-bond donors (Lipinski definition) is 2. The number of carboxylic acids is 1. The monoisotopic (exact) mass is 392 g/mol. The van der Waals surface area contributed by atoms with Crippen LogP contribution in [0.25, 0.3) is 21.9 Å². The third-order valence-corrected chi connectivity index (χ3v) is 4.70. The van der Waals surface area contributed by atoms with E-state index in [1.807, 2.05) is 43.3 Å². The summed E-state index contributed by atoms with van der Waals surface area (Å²) in [5.74, 6) is 4.94. The number of benzene rings is 3. The molecular weight excluding hydrogens is 372 g/mol. The normalized spacial score (nSPS) is 11.2. The number of halogens is 1. The lowest BCUT2D eigenvalue weighted by atomic mass is 9.88. The molecule has 0 unspecified atom stereocenters. The molecule has 3 nitrogen and oxygen atoms in total. The molecule has 0 radical (unpaired) electrons. The van der Waals surface area contributed by atoms with Crippen molar-refractivity contribution in [3.63, 3.8) is 0 Å². The largest absolute Gasteiger partial charge is 0.481 e. The fourth-order valence-electron chi connectivity index (χ4n) is 3.21. The fraction of sp³-hybridized carbons (Fsp3) is 0.208. The van der Waals surface area contributed by atoms with Crippen LogP contribution < -0.4 is 0 Å². The van der Waals surface area contributed by atoms with E-state index >= 15 is 0 Å². The molecule has 142 valence electrons. The van der Waals surface area contributed by atoms with E-state index in [1.54, 1.807) is 26.0 Å². The third kappa shape index (κ3) is 4.54. The summed E-state index contributed by atoms with van der Waals surface area (Å²) >= 11 is 6.05. The lowest BCUT2D eigenvalue weighted by Gasteiger charge is -2.16. The number of fused-ring (bicyclic) bond motifs is 1. The topological polar surface area (TPSA) is 57.5 Å². The van der Waals surface area contributed by atoms with Crippen LogP contribution in [0.2, 0.25) is 5.02 Å². The van der Waals surface area contributed by atoms with E-state index in [1.165, 1.54) is 0 Å². The second-order valence-electron chi connectivity index (χ2n) is 7.37. The van der Waals surface area contributed by atoms with Gasteiger partial charge in [0.05, 0.1) is 6.42 Å². The third-order valence-electron chi connectivity index (χ3n) is 4.45. The predicted molar refractivity (Wildman–Crippen MR) is 114 cm³/mol. The summed E-state index contributed by atoms with van der Waals surface area (Å²) < 4.78 is 0. The zero-order valence-corrected chi connectivity index (χ0v) is 16.8. The SMILES string of the molecule is Cc1cc2ccc(C#CC(C)(C)O)cc2c(-c2ccc(Cl)cc2)c1CC(=O)O. The summed E-state index contributed by atoms with van der Waals surface area (Å²) in [5.41, 5.74) is 3.15. The summed E-state index contributed by atoms with van der Waals surface area (Å²) in [6, 6.07) is 15.2. The quantitative estimate of drug-likeness (QED) is 0.601. The van der Waals surface area contributed by atoms with Gasteiger partial charge < -0.3 is 10.2 Å². The van der Waals surface area contributed by atoms with Crippen LogP contribution in [0.5, 0.6) is 0 Å². The van der Waals surface area contributed by atoms with Crippen LogP contribution in [0, 0.1) is 18.8 Å². The summed E-state index contributed by atoms with van der Waals surface area (Å²) in [6.07, 6.45) is -0.0701. The van der Waals surface area contributed by atoms with Crippen molar-refractivity contribution in [2.75, 3.05) is 0 Å². The first-order valence-corrected chi connectivity index (χ1v) is 9.31. The van der Waals surface area contributed by atoms with Gasteiger partial charge in [-0.15, -0.1) is 0 Å². The van der Waals surface area contributed by atoms with Crippen LogP contribution in [-0.4, -0.2) is 21.8 Å². The molecule has 2 N–H and O–H groups in total. The van der Waals surface area contributed by atoms with Gasteiger partial charge in [-0.05, 0) is 78.1 Å². The van der Waals surface area contributed by atoms with Crippen LogP contribution in [0.3, 0.4) is 0 Å². The first-order valence-electron chi connectivity index (χ1n) is 8.93. The maximum absolute atomic E-state index is 11.5. The van der Waals surface area contributed by atoms with Crippen molar-refractivity contribution in [3.8, 4) is 23.0 Å². The van der Waals surface area contributed by atoms with Crippen molar-refractivity contribution in [1.82, 2.24) is 0 Å². The average molecular weight is 393 g/mol. The second kappa shape index (κ2) is 7.67. The fourth-order valence-corrected chi connectivity index (χ4v) is 3.33. The molecule has 0 aliphatic carbocycles. The molecule has 0 aliphatic rings. The van der Waals surface area contributed by atoms with Crippen LogP contribution in [0.15, 0.2) is 48.5 Å². The van der Waals surface area contributed by atoms with E-state index in [0.717, 1.165) is 38.6 Å². The Morgan fingerprint density at radius 1 is 1.11 bits per heavy atom. The van der Waals surface area contributed by atoms with E-state index in [9.17, 15) is 15.0 Å². The van der Waals surface area contributed by atoms with Crippen molar-refractivity contribution in [3.05, 3.63) is 70.2 Å². The van der Waals surface area contributed by atoms with Crippen LogP contribution in [0.1, 0.15) is 30.5 Å². The molecule has 0 bridgehead atoms. The molecule has 4 heteroatoms. The first kappa shape index (κ1) is 19.9. The van der Waals surface area contributed by atoms with E-state index in [0.29, 0.717) is 5.02 Å². The van der Waals surface area contributed by atoms with Crippen molar-refractivity contribution in [2.45, 2.75) is 32.8 Å². The molecule has 3 aromatic rings. The Bertz CT molecular complexity index is 1110. The number of hydrogen-bond acceptors (Lipinski definition) is 2. The highest BCUT2D eigenvalue weighted by Crippen LogP contribution is 2.36. The van der Waals surface area contributed by atoms with Gasteiger partial charge in [-0.2, -0.15) is 0 Å². The van der Waals surface area contributed by atoms with Crippen molar-refractivity contribution >= 4 is 28.3 Å². The Hall–Kier alpha value is -2.80. The van der Waals surface area contributed by atoms with Crippen LogP contribution in [-0.2, 0) is 11.2 Å². The van der Waals surface area contributed by atoms with Crippen molar-refractivity contribution in [2.24, 2.45) is 0 Å². The molecule has 3 rings (SSSR count). The zero-order valence-electron chi connectivity index (χ0n) is 16.0. The molecule has 0 saturated heterocycles. The van der Waals surface area contributed by atoms with E-state index in [-0.39, 0.29) is 6.42 Å². The number of aryl methyl sites for hydroxylation is 1. The van der Waals surface area contributed by atoms with Gasteiger partial charge in [-0.3, -0.25) is 4.79 Å². The molecule has 0 heterocycles. The zero-order chi connectivity index (χ0) is 20.5. The lowest BCUT2D eigenvalue weighted by Crippen LogP contribution is -2.14. The summed E-state index contributed by atoms with van der Waals surface area (Å²) in [4.78, 5) is 11.5. The molecule has 0 aliphatic heterocycles. The van der Waals surface area contributed by atoms with E-state index in [4.69, 9.17) is 11.6 Å². The Labute approximate surface area is 169 Å². The Morgan fingerprint density at radius 2 is 1.79 bits per heavy atom. The maximum Gasteiger partial charge on any atom is 0.307 e. The number of aliphatic carboxylic acids is 1. The highest BCUT2D eigenvalue weighted by molar-refractivity contribution is 6.30. The van der Waals surface area contributed by atoms with Gasteiger partial charge in [0, 0.05) is 10.6 Å². The number of carboxylic acid groups (broad SMARTS) is 1. The Kier molecular flexibility index (Phi) is 5.47. The Balaban J connectivity index is 2.33. The minimum absolute atomic E-state index is 0.0701. The maximum atomic E-state index is 11.5. The smallest absolute Gasteiger partial charge is 0.307 e. The van der Waals surface area contributed by atoms with Crippen molar-refractivity contribution < 1.29 is 15.0 Å². The number of rotatable bonds is 3. The molecule has 0 amide bonds. The minimum atomic E-state index is -1.09. The molecular formula is C24H21ClO3. The van der Waals surface area contributed by atoms with E-state index < -0.39 is 11.6 Å². The summed E-state index contributed by atoms with van der Waals surface area (Å²) in [6.45, 7) is 5.20. The van der Waals surface area contributed by atoms with Gasteiger partial charge in [0.15, 0.2) is 0 Å². The van der Waals surface area contributed by atoms with Gasteiger partial charge in [-0.1, -0.05) is 47.7 Å². The molecule has 28 heavy (non-hydrogen) atoms. The Morgan fingerprint density at radius 3 is 2.39 bits per heavy atom. The second-order valence-corrected chi connectivity index (χ2v) is 7.81. The minimum Gasteiger partial charge on any atom is -0.481 e. The van der Waals surface area contributed by atoms with Crippen molar-refractivity contribution in [1.29, 1.82) is 0 Å².